The summed E-state index contributed by atoms with van der Waals surface area (Å²) in [5.41, 5.74) is 0. The number of piperidine rings is 1. The van der Waals surface area contributed by atoms with Crippen LogP contribution in [0.15, 0.2) is 0 Å². The van der Waals surface area contributed by atoms with Gasteiger partial charge >= 0.3 is 6.18 Å². The molecular formula is C16H26F3N3O2. The van der Waals surface area contributed by atoms with Crippen LogP contribution in [0.5, 0.6) is 0 Å². The molecule has 24 heavy (non-hydrogen) atoms. The van der Waals surface area contributed by atoms with E-state index in [4.69, 9.17) is 0 Å². The van der Waals surface area contributed by atoms with Gasteiger partial charge < -0.3 is 15.5 Å². The number of hydrogen-bond donors (Lipinski definition) is 2. The maximum Gasteiger partial charge on any atom is 0.408 e. The van der Waals surface area contributed by atoms with E-state index in [9.17, 15) is 22.8 Å². The van der Waals surface area contributed by atoms with Crippen molar-refractivity contribution in [3.05, 3.63) is 0 Å². The van der Waals surface area contributed by atoms with Gasteiger partial charge in [0.2, 0.25) is 11.8 Å². The number of likely N-dealkylation sites (tertiary alicyclic amines) is 1. The van der Waals surface area contributed by atoms with E-state index in [1.165, 1.54) is 13.8 Å². The molecule has 2 rings (SSSR count). The molecule has 0 aromatic rings. The zero-order chi connectivity index (χ0) is 17.9. The highest BCUT2D eigenvalue weighted by atomic mass is 19.4. The number of carbonyl (C=O) groups excluding carboxylic acids is 2. The van der Waals surface area contributed by atoms with Crippen LogP contribution < -0.4 is 10.6 Å². The molecule has 2 amide bonds. The SMILES string of the molecule is CC(=O)NC1CCC(NC2CCC(C(F)(F)F)N(C(C)=O)C2)CC1. The fraction of sp³-hybridized carbons (Fsp3) is 0.875. The van der Waals surface area contributed by atoms with Gasteiger partial charge in [-0.1, -0.05) is 0 Å². The molecule has 1 saturated heterocycles. The molecule has 0 bridgehead atoms. The lowest BCUT2D eigenvalue weighted by molar-refractivity contribution is -0.196. The Morgan fingerprint density at radius 3 is 1.96 bits per heavy atom. The van der Waals surface area contributed by atoms with Crippen molar-refractivity contribution in [2.24, 2.45) is 0 Å². The van der Waals surface area contributed by atoms with E-state index in [0.717, 1.165) is 30.6 Å². The highest BCUT2D eigenvalue weighted by molar-refractivity contribution is 5.74. The second kappa shape index (κ2) is 7.72. The van der Waals surface area contributed by atoms with Crippen LogP contribution in [-0.2, 0) is 9.59 Å². The molecule has 5 nitrogen and oxygen atoms in total. The van der Waals surface area contributed by atoms with Crippen molar-refractivity contribution in [3.8, 4) is 0 Å². The lowest BCUT2D eigenvalue weighted by Crippen LogP contribution is -2.58. The summed E-state index contributed by atoms with van der Waals surface area (Å²) in [5, 5.41) is 6.32. The molecule has 0 spiro atoms. The monoisotopic (exact) mass is 349 g/mol. The summed E-state index contributed by atoms with van der Waals surface area (Å²) >= 11 is 0. The molecule has 1 aliphatic carbocycles. The van der Waals surface area contributed by atoms with Gasteiger partial charge in [-0.3, -0.25) is 9.59 Å². The number of hydrogen-bond acceptors (Lipinski definition) is 3. The third kappa shape index (κ3) is 5.09. The van der Waals surface area contributed by atoms with E-state index in [1.807, 2.05) is 0 Å². The lowest BCUT2D eigenvalue weighted by Gasteiger charge is -2.42. The molecule has 0 aromatic heterocycles. The van der Waals surface area contributed by atoms with Crippen molar-refractivity contribution in [3.63, 3.8) is 0 Å². The zero-order valence-electron chi connectivity index (χ0n) is 14.2. The molecule has 138 valence electrons. The number of amides is 2. The van der Waals surface area contributed by atoms with Crippen LogP contribution in [0.1, 0.15) is 52.4 Å². The molecule has 2 fully saturated rings. The van der Waals surface area contributed by atoms with Crippen molar-refractivity contribution < 1.29 is 22.8 Å². The largest absolute Gasteiger partial charge is 0.408 e. The predicted molar refractivity (Wildman–Crippen MR) is 83.2 cm³/mol. The maximum absolute atomic E-state index is 13.0. The second-order valence-corrected chi connectivity index (χ2v) is 6.92. The van der Waals surface area contributed by atoms with Crippen LogP contribution in [0.2, 0.25) is 0 Å². The number of nitrogens with zero attached hydrogens (tertiary/aromatic N) is 1. The zero-order valence-corrected chi connectivity index (χ0v) is 14.2. The van der Waals surface area contributed by atoms with E-state index in [2.05, 4.69) is 10.6 Å². The first-order chi connectivity index (χ1) is 11.2. The molecule has 1 aliphatic heterocycles. The summed E-state index contributed by atoms with van der Waals surface area (Å²) in [6, 6.07) is -1.34. The first kappa shape index (κ1) is 19.0. The minimum Gasteiger partial charge on any atom is -0.354 e. The summed E-state index contributed by atoms with van der Waals surface area (Å²) in [6.07, 6.45) is -0.514. The van der Waals surface area contributed by atoms with E-state index in [-0.39, 0.29) is 37.0 Å². The molecule has 2 aliphatic rings. The first-order valence-corrected chi connectivity index (χ1v) is 8.54. The van der Waals surface area contributed by atoms with Crippen LogP contribution in [-0.4, -0.2) is 53.6 Å². The number of nitrogens with one attached hydrogen (secondary N) is 2. The van der Waals surface area contributed by atoms with E-state index in [1.54, 1.807) is 0 Å². The van der Waals surface area contributed by atoms with Crippen LogP contribution >= 0.6 is 0 Å². The van der Waals surface area contributed by atoms with Gasteiger partial charge in [0.1, 0.15) is 6.04 Å². The molecular weight excluding hydrogens is 323 g/mol. The van der Waals surface area contributed by atoms with E-state index < -0.39 is 18.1 Å². The highest BCUT2D eigenvalue weighted by Crippen LogP contribution is 2.32. The van der Waals surface area contributed by atoms with Gasteiger partial charge in [0.05, 0.1) is 0 Å². The highest BCUT2D eigenvalue weighted by Gasteiger charge is 2.47. The van der Waals surface area contributed by atoms with Crippen molar-refractivity contribution in [1.29, 1.82) is 0 Å². The Morgan fingerprint density at radius 2 is 1.46 bits per heavy atom. The number of carbonyl (C=O) groups is 2. The number of rotatable bonds is 3. The average molecular weight is 349 g/mol. The van der Waals surface area contributed by atoms with Gasteiger partial charge in [-0.15, -0.1) is 0 Å². The van der Waals surface area contributed by atoms with Crippen LogP contribution in [0.3, 0.4) is 0 Å². The van der Waals surface area contributed by atoms with Gasteiger partial charge in [0.15, 0.2) is 0 Å². The Bertz CT molecular complexity index is 462. The molecule has 2 unspecified atom stereocenters. The minimum absolute atomic E-state index is 0.0333. The molecule has 2 N–H and O–H groups in total. The van der Waals surface area contributed by atoms with Gasteiger partial charge in [-0.25, -0.2) is 0 Å². The standard InChI is InChI=1S/C16H26F3N3O2/c1-10(23)20-12-3-5-13(6-4-12)21-14-7-8-15(16(17,18)19)22(9-14)11(2)24/h12-15,21H,3-9H2,1-2H3,(H,20,23). The Morgan fingerprint density at radius 1 is 0.917 bits per heavy atom. The summed E-state index contributed by atoms with van der Waals surface area (Å²) < 4.78 is 39.1. The quantitative estimate of drug-likeness (QED) is 0.819. The lowest BCUT2D eigenvalue weighted by atomic mass is 9.89. The maximum atomic E-state index is 13.0. The van der Waals surface area contributed by atoms with Crippen molar-refractivity contribution >= 4 is 11.8 Å². The van der Waals surface area contributed by atoms with Gasteiger partial charge in [0, 0.05) is 38.5 Å². The van der Waals surface area contributed by atoms with Crippen molar-refractivity contribution in [1.82, 2.24) is 15.5 Å². The van der Waals surface area contributed by atoms with E-state index >= 15 is 0 Å². The minimum atomic E-state index is -4.37. The van der Waals surface area contributed by atoms with Gasteiger partial charge in [-0.05, 0) is 38.5 Å². The number of halogens is 3. The number of alkyl halides is 3. The summed E-state index contributed by atoms with van der Waals surface area (Å²) in [4.78, 5) is 23.6. The molecule has 1 saturated carbocycles. The van der Waals surface area contributed by atoms with Crippen LogP contribution in [0, 0.1) is 0 Å². The molecule has 0 aromatic carbocycles. The van der Waals surface area contributed by atoms with Crippen LogP contribution in [0.25, 0.3) is 0 Å². The Hall–Kier alpha value is -1.31. The third-order valence-electron chi connectivity index (χ3n) is 4.97. The smallest absolute Gasteiger partial charge is 0.354 e. The summed E-state index contributed by atoms with van der Waals surface area (Å²) in [6.45, 7) is 2.80. The summed E-state index contributed by atoms with van der Waals surface area (Å²) in [5.74, 6) is -0.563. The predicted octanol–water partition coefficient (Wildman–Crippen LogP) is 1.97. The first-order valence-electron chi connectivity index (χ1n) is 8.54. The van der Waals surface area contributed by atoms with Crippen molar-refractivity contribution in [2.45, 2.75) is 82.7 Å². The summed E-state index contributed by atoms with van der Waals surface area (Å²) in [7, 11) is 0. The van der Waals surface area contributed by atoms with Gasteiger partial charge in [0.25, 0.3) is 0 Å². The molecule has 8 heteroatoms. The topological polar surface area (TPSA) is 61.4 Å². The third-order valence-corrected chi connectivity index (χ3v) is 4.97. The Balaban J connectivity index is 1.84. The molecule has 2 atom stereocenters. The molecule has 1 heterocycles. The van der Waals surface area contributed by atoms with E-state index in [0.29, 0.717) is 6.42 Å². The fourth-order valence-electron chi connectivity index (χ4n) is 3.82. The van der Waals surface area contributed by atoms with Crippen LogP contribution in [0.4, 0.5) is 13.2 Å². The normalized spacial score (nSPS) is 31.6. The Kier molecular flexibility index (Phi) is 6.11. The Labute approximate surface area is 140 Å². The van der Waals surface area contributed by atoms with Crippen molar-refractivity contribution in [2.75, 3.05) is 6.54 Å². The fourth-order valence-corrected chi connectivity index (χ4v) is 3.82. The van der Waals surface area contributed by atoms with Gasteiger partial charge in [-0.2, -0.15) is 13.2 Å². The second-order valence-electron chi connectivity index (χ2n) is 6.92. The average Bonchev–Trinajstić information content (AvgIpc) is 2.47. The molecule has 0 radical (unpaired) electrons.